The van der Waals surface area contributed by atoms with Crippen LogP contribution in [0.15, 0.2) is 41.3 Å². The van der Waals surface area contributed by atoms with Gasteiger partial charge in [-0.05, 0) is 37.6 Å². The van der Waals surface area contributed by atoms with Crippen LogP contribution in [0.5, 0.6) is 0 Å². The summed E-state index contributed by atoms with van der Waals surface area (Å²) in [6.45, 7) is 2.71. The lowest BCUT2D eigenvalue weighted by molar-refractivity contribution is -0.393. The molecule has 0 aromatic heterocycles. The van der Waals surface area contributed by atoms with Crippen LogP contribution in [0.2, 0.25) is 0 Å². The minimum absolute atomic E-state index is 0.197. The fraction of sp³-hybridized carbons (Fsp3) is 0.200. The average molecular weight is 383 g/mol. The molecule has 0 amide bonds. The molecule has 0 N–H and O–H groups in total. The fourth-order valence-corrected chi connectivity index (χ4v) is 4.15. The molecule has 0 saturated carbocycles. The lowest BCUT2D eigenvalue weighted by Gasteiger charge is -2.23. The van der Waals surface area contributed by atoms with Gasteiger partial charge in [0.2, 0.25) is 0 Å². The number of non-ortho nitro benzene ring substituents is 1. The Morgan fingerprint density at radius 3 is 2.27 bits per heavy atom. The molecule has 0 aliphatic heterocycles. The number of aryl methyl sites for hydroxylation is 1. The quantitative estimate of drug-likeness (QED) is 0.557. The molecule has 0 unspecified atom stereocenters. The molecular weight excluding hydrogens is 369 g/mol. The van der Waals surface area contributed by atoms with Crippen molar-refractivity contribution in [2.24, 2.45) is 0 Å². The Bertz CT molecular complexity index is 993. The van der Waals surface area contributed by atoms with E-state index >= 15 is 0 Å². The van der Waals surface area contributed by atoms with Crippen LogP contribution in [0, 0.1) is 33.0 Å². The van der Waals surface area contributed by atoms with Crippen molar-refractivity contribution in [2.45, 2.75) is 18.7 Å². The number of nitrogens with zero attached hydrogens (tertiary/aromatic N) is 3. The monoisotopic (exact) mass is 383 g/mol. The molecule has 2 aromatic carbocycles. The number of hydrogen-bond acceptors (Lipinski definition) is 6. The maximum Gasteiger partial charge on any atom is 0.300 e. The Balaban J connectivity index is 2.70. The molecule has 0 atom stereocenters. The van der Waals surface area contributed by atoms with Gasteiger partial charge in [0.15, 0.2) is 0 Å². The van der Waals surface area contributed by atoms with Crippen molar-refractivity contribution < 1.29 is 22.7 Å². The van der Waals surface area contributed by atoms with Crippen molar-refractivity contribution >= 4 is 27.1 Å². The average Bonchev–Trinajstić information content (AvgIpc) is 2.57. The largest absolute Gasteiger partial charge is 0.300 e. The molecule has 2 rings (SSSR count). The summed E-state index contributed by atoms with van der Waals surface area (Å²) in [4.78, 5) is 20.1. The van der Waals surface area contributed by atoms with Crippen molar-refractivity contribution in [1.29, 1.82) is 0 Å². The van der Waals surface area contributed by atoms with E-state index in [9.17, 15) is 33.0 Å². The smallest absolute Gasteiger partial charge is 0.260 e. The van der Waals surface area contributed by atoms with Gasteiger partial charge < -0.3 is 0 Å². The standard InChI is InChI=1S/C15H14FN3O6S/c1-3-17(26(24,25)15-8-11(16)5-4-10(15)2)13-7-6-12(18(20)21)9-14(13)19(22)23/h4-9H,3H2,1-2H3. The van der Waals surface area contributed by atoms with Crippen LogP contribution < -0.4 is 4.31 Å². The Morgan fingerprint density at radius 1 is 1.08 bits per heavy atom. The van der Waals surface area contributed by atoms with E-state index in [4.69, 9.17) is 0 Å². The van der Waals surface area contributed by atoms with E-state index in [1.807, 2.05) is 0 Å². The van der Waals surface area contributed by atoms with Crippen LogP contribution in [-0.4, -0.2) is 24.8 Å². The lowest BCUT2D eigenvalue weighted by atomic mass is 10.2. The SMILES string of the molecule is CCN(c1ccc([N+](=O)[O-])cc1[N+](=O)[O-])S(=O)(=O)c1cc(F)ccc1C. The zero-order chi connectivity index (χ0) is 19.6. The Hall–Kier alpha value is -3.08. The molecule has 0 bridgehead atoms. The molecule has 11 heteroatoms. The molecule has 0 aliphatic carbocycles. The van der Waals surface area contributed by atoms with Crippen LogP contribution in [0.25, 0.3) is 0 Å². The van der Waals surface area contributed by atoms with E-state index in [0.29, 0.717) is 6.07 Å². The Kier molecular flexibility index (Phi) is 5.21. The van der Waals surface area contributed by atoms with Crippen LogP contribution in [0.4, 0.5) is 21.5 Å². The number of nitro groups is 2. The molecule has 0 heterocycles. The van der Waals surface area contributed by atoms with Crippen molar-refractivity contribution in [2.75, 3.05) is 10.8 Å². The number of halogens is 1. The number of rotatable bonds is 6. The van der Waals surface area contributed by atoms with Gasteiger partial charge in [-0.1, -0.05) is 6.07 Å². The zero-order valence-corrected chi connectivity index (χ0v) is 14.6. The highest BCUT2D eigenvalue weighted by molar-refractivity contribution is 7.92. The van der Waals surface area contributed by atoms with Crippen LogP contribution in [0.3, 0.4) is 0 Å². The highest BCUT2D eigenvalue weighted by Gasteiger charge is 2.32. The van der Waals surface area contributed by atoms with Gasteiger partial charge in [-0.3, -0.25) is 24.5 Å². The summed E-state index contributed by atoms with van der Waals surface area (Å²) in [5.41, 5.74) is -1.37. The summed E-state index contributed by atoms with van der Waals surface area (Å²) < 4.78 is 40.1. The number of sulfonamides is 1. The van der Waals surface area contributed by atoms with Crippen LogP contribution >= 0.6 is 0 Å². The second kappa shape index (κ2) is 7.04. The number of benzene rings is 2. The molecule has 26 heavy (non-hydrogen) atoms. The Morgan fingerprint density at radius 2 is 1.73 bits per heavy atom. The van der Waals surface area contributed by atoms with Crippen molar-refractivity contribution in [3.05, 3.63) is 68.0 Å². The number of hydrogen-bond donors (Lipinski definition) is 0. The first kappa shape index (κ1) is 19.2. The zero-order valence-electron chi connectivity index (χ0n) is 13.7. The minimum atomic E-state index is -4.33. The second-order valence-corrected chi connectivity index (χ2v) is 7.10. The predicted molar refractivity (Wildman–Crippen MR) is 91.1 cm³/mol. The first-order chi connectivity index (χ1) is 12.1. The van der Waals surface area contributed by atoms with Gasteiger partial charge in [0.25, 0.3) is 21.4 Å². The van der Waals surface area contributed by atoms with Crippen molar-refractivity contribution in [1.82, 2.24) is 0 Å². The number of anilines is 1. The topological polar surface area (TPSA) is 124 Å². The first-order valence-electron chi connectivity index (χ1n) is 7.31. The molecule has 2 aromatic rings. The highest BCUT2D eigenvalue weighted by Crippen LogP contribution is 2.35. The van der Waals surface area contributed by atoms with Gasteiger partial charge in [0.1, 0.15) is 11.5 Å². The minimum Gasteiger partial charge on any atom is -0.260 e. The van der Waals surface area contributed by atoms with E-state index in [2.05, 4.69) is 0 Å². The summed E-state index contributed by atoms with van der Waals surface area (Å²) in [7, 11) is -4.33. The molecule has 0 aliphatic rings. The molecule has 9 nitrogen and oxygen atoms in total. The maximum absolute atomic E-state index is 13.5. The predicted octanol–water partition coefficient (Wildman–Crippen LogP) is 3.17. The summed E-state index contributed by atoms with van der Waals surface area (Å²) >= 11 is 0. The van der Waals surface area contributed by atoms with Crippen LogP contribution in [0.1, 0.15) is 12.5 Å². The first-order valence-corrected chi connectivity index (χ1v) is 8.75. The summed E-state index contributed by atoms with van der Waals surface area (Å²) in [6.07, 6.45) is 0. The summed E-state index contributed by atoms with van der Waals surface area (Å²) in [5.74, 6) is -0.775. The maximum atomic E-state index is 13.5. The van der Waals surface area contributed by atoms with E-state index in [0.717, 1.165) is 28.6 Å². The molecule has 0 fully saturated rings. The molecule has 0 spiro atoms. The second-order valence-electron chi connectivity index (χ2n) is 5.27. The summed E-state index contributed by atoms with van der Waals surface area (Å²) in [6, 6.07) is 5.85. The molecule has 138 valence electrons. The third kappa shape index (κ3) is 3.47. The van der Waals surface area contributed by atoms with Gasteiger partial charge in [-0.15, -0.1) is 0 Å². The fourth-order valence-electron chi connectivity index (χ4n) is 2.42. The Labute approximate surface area is 148 Å². The highest BCUT2D eigenvalue weighted by atomic mass is 32.2. The van der Waals surface area contributed by atoms with Crippen LogP contribution in [-0.2, 0) is 10.0 Å². The van der Waals surface area contributed by atoms with Gasteiger partial charge in [0, 0.05) is 12.6 Å². The molecular formula is C15H14FN3O6S. The normalized spacial score (nSPS) is 11.2. The van der Waals surface area contributed by atoms with E-state index in [1.165, 1.54) is 19.9 Å². The van der Waals surface area contributed by atoms with E-state index in [1.54, 1.807) is 0 Å². The summed E-state index contributed by atoms with van der Waals surface area (Å²) in [5, 5.41) is 22.1. The lowest BCUT2D eigenvalue weighted by Crippen LogP contribution is -2.32. The third-order valence-electron chi connectivity index (χ3n) is 3.64. The third-order valence-corrected chi connectivity index (χ3v) is 5.67. The van der Waals surface area contributed by atoms with Gasteiger partial charge in [-0.2, -0.15) is 0 Å². The van der Waals surface area contributed by atoms with Crippen molar-refractivity contribution in [3.8, 4) is 0 Å². The van der Waals surface area contributed by atoms with E-state index in [-0.39, 0.29) is 22.7 Å². The van der Waals surface area contributed by atoms with Crippen molar-refractivity contribution in [3.63, 3.8) is 0 Å². The number of nitro benzene ring substituents is 2. The molecule has 0 saturated heterocycles. The van der Waals surface area contributed by atoms with Gasteiger partial charge >= 0.3 is 0 Å². The molecule has 0 radical (unpaired) electrons. The van der Waals surface area contributed by atoms with E-state index < -0.39 is 37.1 Å². The van der Waals surface area contributed by atoms with Gasteiger partial charge in [-0.25, -0.2) is 12.8 Å². The van der Waals surface area contributed by atoms with Gasteiger partial charge in [0.05, 0.1) is 20.8 Å².